The molecule has 0 spiro atoms. The van der Waals surface area contributed by atoms with Crippen LogP contribution >= 0.6 is 12.4 Å². The summed E-state index contributed by atoms with van der Waals surface area (Å²) in [5.41, 5.74) is 3.29. The Morgan fingerprint density at radius 2 is 1.96 bits per heavy atom. The number of rotatable bonds is 2. The number of carbonyl (C=O) groups excluding carboxylic acids is 1. The van der Waals surface area contributed by atoms with Gasteiger partial charge in [-0.15, -0.1) is 12.4 Å². The molecule has 2 heterocycles. The molecule has 4 nitrogen and oxygen atoms in total. The predicted octanol–water partition coefficient (Wildman–Crippen LogP) is 4.91. The molecule has 3 atom stereocenters. The highest BCUT2D eigenvalue weighted by Crippen LogP contribution is 2.48. The number of benzene rings is 1. The molecule has 1 saturated carbocycles. The molecule has 0 radical (unpaired) electrons. The maximum absolute atomic E-state index is 11.4. The fourth-order valence-corrected chi connectivity index (χ4v) is 4.95. The zero-order valence-corrected chi connectivity index (χ0v) is 15.7. The first-order chi connectivity index (χ1) is 11.7. The van der Waals surface area contributed by atoms with E-state index in [0.717, 1.165) is 24.6 Å². The Kier molecular flexibility index (Phi) is 5.90. The van der Waals surface area contributed by atoms with E-state index < -0.39 is 0 Å². The fraction of sp³-hybridized carbons (Fsp3) is 0.650. The molecule has 1 aliphatic carbocycles. The average Bonchev–Trinajstić information content (AvgIpc) is 2.61. The summed E-state index contributed by atoms with van der Waals surface area (Å²) in [4.78, 5) is 11.4. The van der Waals surface area contributed by atoms with E-state index in [1.807, 2.05) is 6.07 Å². The zero-order chi connectivity index (χ0) is 16.5. The third-order valence-electron chi connectivity index (χ3n) is 5.99. The summed E-state index contributed by atoms with van der Waals surface area (Å²) in [5.74, 6) is 1.30. The molecule has 3 aliphatic rings. The minimum Gasteiger partial charge on any atom is -0.381 e. The highest BCUT2D eigenvalue weighted by Gasteiger charge is 2.42. The number of anilines is 2. The Bertz CT molecular complexity index is 616. The summed E-state index contributed by atoms with van der Waals surface area (Å²) < 4.78 is 6.24. The Hall–Kier alpha value is -1.26. The maximum atomic E-state index is 11.4. The van der Waals surface area contributed by atoms with E-state index in [1.165, 1.54) is 49.8 Å². The third kappa shape index (κ3) is 3.80. The minimum atomic E-state index is -0.0279. The molecule has 5 heteroatoms. The van der Waals surface area contributed by atoms with Gasteiger partial charge in [-0.1, -0.05) is 19.3 Å². The number of hydrogen-bond acceptors (Lipinski definition) is 3. The molecule has 4 rings (SSSR count). The van der Waals surface area contributed by atoms with Crippen LogP contribution in [0.25, 0.3) is 0 Å². The Balaban J connectivity index is 0.00000182. The van der Waals surface area contributed by atoms with Gasteiger partial charge < -0.3 is 15.4 Å². The lowest BCUT2D eigenvalue weighted by molar-refractivity contribution is -0.114. The normalized spacial score (nSPS) is 28.8. The monoisotopic (exact) mass is 364 g/mol. The first kappa shape index (κ1) is 18.5. The fourth-order valence-electron chi connectivity index (χ4n) is 4.95. The van der Waals surface area contributed by atoms with E-state index in [9.17, 15) is 4.79 Å². The number of fused-ring (bicyclic) bond motifs is 3. The standard InChI is InChI=1S/C20H28N2O2.ClH/c1-13(23)21-15-9-10-18-17(12-15)20-16(8-5-11-24-20)19(22-18)14-6-3-2-4-7-14;/h9-10,12,14,16,19-20,22H,2-8,11H2,1H3,(H,21,23);1H/t16-,19+,20-;/m0./s1. The number of halogens is 1. The van der Waals surface area contributed by atoms with Crippen molar-refractivity contribution in [2.75, 3.05) is 17.2 Å². The van der Waals surface area contributed by atoms with Crippen molar-refractivity contribution >= 4 is 29.7 Å². The van der Waals surface area contributed by atoms with E-state index in [0.29, 0.717) is 12.0 Å². The maximum Gasteiger partial charge on any atom is 0.221 e. The molecule has 25 heavy (non-hydrogen) atoms. The van der Waals surface area contributed by atoms with E-state index in [2.05, 4.69) is 22.8 Å². The first-order valence-corrected chi connectivity index (χ1v) is 9.52. The summed E-state index contributed by atoms with van der Waals surface area (Å²) in [6.07, 6.45) is 9.40. The molecule has 1 amide bonds. The van der Waals surface area contributed by atoms with Crippen LogP contribution in [0.2, 0.25) is 0 Å². The van der Waals surface area contributed by atoms with Gasteiger partial charge in [0.2, 0.25) is 5.91 Å². The van der Waals surface area contributed by atoms with Gasteiger partial charge in [0.1, 0.15) is 0 Å². The average molecular weight is 365 g/mol. The zero-order valence-electron chi connectivity index (χ0n) is 14.9. The van der Waals surface area contributed by atoms with Gasteiger partial charge >= 0.3 is 0 Å². The number of ether oxygens (including phenoxy) is 1. The second-order valence-electron chi connectivity index (χ2n) is 7.65. The Labute approximate surface area is 156 Å². The van der Waals surface area contributed by atoms with Crippen LogP contribution in [0.5, 0.6) is 0 Å². The minimum absolute atomic E-state index is 0. The van der Waals surface area contributed by atoms with Crippen molar-refractivity contribution in [3.8, 4) is 0 Å². The largest absolute Gasteiger partial charge is 0.381 e. The van der Waals surface area contributed by atoms with Crippen LogP contribution in [0.15, 0.2) is 18.2 Å². The molecule has 0 unspecified atom stereocenters. The van der Waals surface area contributed by atoms with Crippen molar-refractivity contribution in [1.82, 2.24) is 0 Å². The molecular formula is C20H29ClN2O2. The van der Waals surface area contributed by atoms with Gasteiger partial charge in [-0.2, -0.15) is 0 Å². The molecule has 138 valence electrons. The predicted molar refractivity (Wildman–Crippen MR) is 103 cm³/mol. The van der Waals surface area contributed by atoms with Crippen molar-refractivity contribution in [3.05, 3.63) is 23.8 Å². The van der Waals surface area contributed by atoms with Gasteiger partial charge in [0.25, 0.3) is 0 Å². The van der Waals surface area contributed by atoms with Crippen LogP contribution in [-0.4, -0.2) is 18.6 Å². The summed E-state index contributed by atoms with van der Waals surface area (Å²) in [6, 6.07) is 6.75. The third-order valence-corrected chi connectivity index (χ3v) is 5.99. The number of hydrogen-bond donors (Lipinski definition) is 2. The van der Waals surface area contributed by atoms with Crippen LogP contribution < -0.4 is 10.6 Å². The second-order valence-corrected chi connectivity index (χ2v) is 7.65. The van der Waals surface area contributed by atoms with Crippen molar-refractivity contribution in [1.29, 1.82) is 0 Å². The van der Waals surface area contributed by atoms with Gasteiger partial charge in [-0.3, -0.25) is 4.79 Å². The van der Waals surface area contributed by atoms with E-state index in [1.54, 1.807) is 6.92 Å². The van der Waals surface area contributed by atoms with Gasteiger partial charge in [-0.05, 0) is 49.8 Å². The van der Waals surface area contributed by atoms with Crippen LogP contribution in [0.1, 0.15) is 63.5 Å². The van der Waals surface area contributed by atoms with E-state index in [-0.39, 0.29) is 24.4 Å². The Morgan fingerprint density at radius 1 is 1.16 bits per heavy atom. The molecule has 1 aromatic carbocycles. The van der Waals surface area contributed by atoms with Gasteiger partial charge in [0, 0.05) is 42.4 Å². The molecule has 2 N–H and O–H groups in total. The van der Waals surface area contributed by atoms with Crippen LogP contribution in [0.3, 0.4) is 0 Å². The molecular weight excluding hydrogens is 336 g/mol. The van der Waals surface area contributed by atoms with Gasteiger partial charge in [0.05, 0.1) is 6.10 Å². The molecule has 2 aliphatic heterocycles. The highest BCUT2D eigenvalue weighted by atomic mass is 35.5. The van der Waals surface area contributed by atoms with E-state index in [4.69, 9.17) is 4.74 Å². The topological polar surface area (TPSA) is 50.4 Å². The SMILES string of the molecule is CC(=O)Nc1ccc2c(c1)[C@H]1OCCC[C@H]1[C@@H](C1CCCCC1)N2.Cl. The van der Waals surface area contributed by atoms with E-state index >= 15 is 0 Å². The quantitative estimate of drug-likeness (QED) is 0.783. The summed E-state index contributed by atoms with van der Waals surface area (Å²) in [5, 5.41) is 6.76. The second kappa shape index (κ2) is 7.96. The summed E-state index contributed by atoms with van der Waals surface area (Å²) in [7, 11) is 0. The number of nitrogens with one attached hydrogen (secondary N) is 2. The smallest absolute Gasteiger partial charge is 0.221 e. The number of carbonyl (C=O) groups is 1. The molecule has 2 fully saturated rings. The summed E-state index contributed by atoms with van der Waals surface area (Å²) >= 11 is 0. The first-order valence-electron chi connectivity index (χ1n) is 9.52. The van der Waals surface area contributed by atoms with Crippen LogP contribution in [0, 0.1) is 11.8 Å². The summed E-state index contributed by atoms with van der Waals surface area (Å²) in [6.45, 7) is 2.40. The van der Waals surface area contributed by atoms with Crippen LogP contribution in [0.4, 0.5) is 11.4 Å². The molecule has 1 saturated heterocycles. The highest BCUT2D eigenvalue weighted by molar-refractivity contribution is 5.89. The lowest BCUT2D eigenvalue weighted by Crippen LogP contribution is -2.46. The lowest BCUT2D eigenvalue weighted by Gasteiger charge is -2.47. The molecule has 0 aromatic heterocycles. The van der Waals surface area contributed by atoms with Crippen molar-refractivity contribution in [2.45, 2.75) is 64.0 Å². The number of amides is 1. The van der Waals surface area contributed by atoms with Crippen LogP contribution in [-0.2, 0) is 9.53 Å². The van der Waals surface area contributed by atoms with Crippen molar-refractivity contribution < 1.29 is 9.53 Å². The van der Waals surface area contributed by atoms with Crippen molar-refractivity contribution in [3.63, 3.8) is 0 Å². The Morgan fingerprint density at radius 3 is 2.72 bits per heavy atom. The van der Waals surface area contributed by atoms with Crippen molar-refractivity contribution in [2.24, 2.45) is 11.8 Å². The van der Waals surface area contributed by atoms with Gasteiger partial charge in [0.15, 0.2) is 0 Å². The molecule has 1 aromatic rings. The molecule has 0 bridgehead atoms. The lowest BCUT2D eigenvalue weighted by atomic mass is 9.71. The van der Waals surface area contributed by atoms with Gasteiger partial charge in [-0.25, -0.2) is 0 Å².